The maximum Gasteiger partial charge on any atom is 0.416 e. The van der Waals surface area contributed by atoms with Crippen LogP contribution >= 0.6 is 22.7 Å². The van der Waals surface area contributed by atoms with Crippen molar-refractivity contribution in [2.24, 2.45) is 5.92 Å². The van der Waals surface area contributed by atoms with Gasteiger partial charge in [0.25, 0.3) is 0 Å². The van der Waals surface area contributed by atoms with Crippen LogP contribution in [0, 0.1) is 5.92 Å². The first-order valence-electron chi connectivity index (χ1n) is 33.9. The Bertz CT molecular complexity index is 6240. The van der Waals surface area contributed by atoms with Gasteiger partial charge in [-0.25, -0.2) is 0 Å². The molecule has 2 atom stereocenters. The first kappa shape index (κ1) is 61.6. The predicted molar refractivity (Wildman–Crippen MR) is 409 cm³/mol. The molecular formula is C89H63F6N3S2. The number of halogens is 6. The van der Waals surface area contributed by atoms with Crippen LogP contribution in [0.3, 0.4) is 0 Å². The van der Waals surface area contributed by atoms with Gasteiger partial charge in [0.05, 0.1) is 38.9 Å². The molecule has 2 unspecified atom stereocenters. The summed E-state index contributed by atoms with van der Waals surface area (Å²) in [6, 6.07) is 84.4. The molecule has 0 spiro atoms. The van der Waals surface area contributed by atoms with Gasteiger partial charge in [0.1, 0.15) is 0 Å². The highest BCUT2D eigenvalue weighted by Gasteiger charge is 2.37. The monoisotopic (exact) mass is 1350 g/mol. The summed E-state index contributed by atoms with van der Waals surface area (Å²) in [6.07, 6.45) is -8.48. The Hall–Kier alpha value is -10.7. The van der Waals surface area contributed by atoms with E-state index in [9.17, 15) is 0 Å². The first-order valence-corrected chi connectivity index (χ1v) is 35.6. The molecule has 0 saturated heterocycles. The molecule has 0 bridgehead atoms. The average Bonchev–Trinajstić information content (AvgIpc) is 1.54. The Morgan fingerprint density at radius 1 is 0.450 bits per heavy atom. The fourth-order valence-electron chi connectivity index (χ4n) is 16.9. The lowest BCUT2D eigenvalue weighted by Gasteiger charge is -2.29. The zero-order valence-electron chi connectivity index (χ0n) is 54.8. The Morgan fingerprint density at radius 3 is 1.46 bits per heavy atom. The van der Waals surface area contributed by atoms with Crippen LogP contribution in [-0.4, -0.2) is 13.7 Å². The predicted octanol–water partition coefficient (Wildman–Crippen LogP) is 26.8. The molecule has 11 heteroatoms. The highest BCUT2D eigenvalue weighted by molar-refractivity contribution is 7.26. The highest BCUT2D eigenvalue weighted by Crippen LogP contribution is 2.54. The maximum absolute atomic E-state index is 16.2. The smallest absolute Gasteiger partial charge is 0.337 e. The minimum Gasteiger partial charge on any atom is -0.337 e. The zero-order valence-corrected chi connectivity index (χ0v) is 56.4. The van der Waals surface area contributed by atoms with Crippen LogP contribution in [0.2, 0.25) is 0 Å². The van der Waals surface area contributed by atoms with Crippen LogP contribution in [-0.2, 0) is 18.8 Å². The molecular weight excluding hydrogens is 1290 g/mol. The molecule has 0 saturated carbocycles. The fourth-order valence-corrected chi connectivity index (χ4v) is 19.1. The topological polar surface area (TPSA) is 14.8 Å². The summed E-state index contributed by atoms with van der Waals surface area (Å²) < 4.78 is 108. The van der Waals surface area contributed by atoms with Crippen molar-refractivity contribution in [2.45, 2.75) is 64.3 Å². The molecule has 5 heterocycles. The molecule has 100 heavy (non-hydrogen) atoms. The van der Waals surface area contributed by atoms with E-state index in [2.05, 4.69) is 186 Å². The van der Waals surface area contributed by atoms with Gasteiger partial charge in [-0.2, -0.15) is 26.3 Å². The summed E-state index contributed by atoms with van der Waals surface area (Å²) in [5.74, 6) is 0.0252. The minimum absolute atomic E-state index is 0.0123. The number of hydrogen-bond donors (Lipinski definition) is 0. The average molecular weight is 1350 g/mol. The third kappa shape index (κ3) is 9.66. The number of hydrogen-bond acceptors (Lipinski definition) is 2. The zero-order chi connectivity index (χ0) is 68.0. The van der Waals surface area contributed by atoms with Crippen molar-refractivity contribution >= 4 is 151 Å². The van der Waals surface area contributed by atoms with Crippen LogP contribution in [0.1, 0.15) is 84.5 Å². The number of aromatic nitrogens is 3. The van der Waals surface area contributed by atoms with Crippen LogP contribution in [0.15, 0.2) is 273 Å². The van der Waals surface area contributed by atoms with Gasteiger partial charge < -0.3 is 13.7 Å². The van der Waals surface area contributed by atoms with Crippen molar-refractivity contribution in [3.8, 4) is 11.1 Å². The molecule has 0 fully saturated rings. The van der Waals surface area contributed by atoms with Crippen LogP contribution < -0.4 is 0 Å². The molecule has 3 nitrogen and oxygen atoms in total. The number of allylic oxidation sites excluding steroid dienone is 5. The third-order valence-electron chi connectivity index (χ3n) is 21.3. The van der Waals surface area contributed by atoms with Gasteiger partial charge in [-0.1, -0.05) is 202 Å². The van der Waals surface area contributed by atoms with Crippen molar-refractivity contribution < 1.29 is 26.3 Å². The van der Waals surface area contributed by atoms with Gasteiger partial charge in [-0.15, -0.1) is 22.7 Å². The van der Waals surface area contributed by atoms with Crippen molar-refractivity contribution in [2.75, 3.05) is 0 Å². The summed E-state index contributed by atoms with van der Waals surface area (Å²) >= 11 is 3.36. The Kier molecular flexibility index (Phi) is 14.5. The Balaban J connectivity index is 1.01. The molecule has 5 aromatic heterocycles. The van der Waals surface area contributed by atoms with Crippen molar-refractivity contribution in [3.63, 3.8) is 0 Å². The van der Waals surface area contributed by atoms with E-state index in [4.69, 9.17) is 6.58 Å². The SMILES string of the molecule is C=C(/C(=C(\C(CC(C)n1c2ccccc2c2ccccc21)=C(/C)n1c2ccccc2c2ccc3sc4ccccc4c3c21)c1cccc(C(F)(F)F)c1)n1c2ccccc2c2ccc3sc4ccccc4c3c21)c1cc(C(F)(F)F)ccc1CCC(C)C1c2ccccc2-c2ccccc21. The second kappa shape index (κ2) is 23.5. The number of nitrogens with zero attached hydrogens (tertiary/aromatic N) is 3. The van der Waals surface area contributed by atoms with E-state index in [1.165, 1.54) is 46.5 Å². The van der Waals surface area contributed by atoms with Crippen molar-refractivity contribution in [1.82, 2.24) is 13.7 Å². The summed E-state index contributed by atoms with van der Waals surface area (Å²) in [5, 5.41) is 9.79. The van der Waals surface area contributed by atoms with Gasteiger partial charge in [0, 0.05) is 107 Å². The van der Waals surface area contributed by atoms with E-state index in [0.717, 1.165) is 112 Å². The lowest BCUT2D eigenvalue weighted by atomic mass is 9.80. The number of thiophene rings is 2. The second-order valence-electron chi connectivity index (χ2n) is 26.9. The Morgan fingerprint density at radius 2 is 0.910 bits per heavy atom. The number of benzene rings is 12. The molecule has 0 radical (unpaired) electrons. The van der Waals surface area contributed by atoms with E-state index in [1.54, 1.807) is 34.8 Å². The molecule has 488 valence electrons. The van der Waals surface area contributed by atoms with Gasteiger partial charge >= 0.3 is 12.4 Å². The molecule has 17 aromatic rings. The quantitative estimate of drug-likeness (QED) is 0.0807. The first-order chi connectivity index (χ1) is 48.6. The van der Waals surface area contributed by atoms with E-state index >= 15 is 26.3 Å². The van der Waals surface area contributed by atoms with Crippen molar-refractivity contribution in [3.05, 3.63) is 312 Å². The molecule has 18 rings (SSSR count). The molecule has 1 aliphatic rings. The van der Waals surface area contributed by atoms with E-state index in [0.29, 0.717) is 40.8 Å². The van der Waals surface area contributed by atoms with Crippen LogP contribution in [0.5, 0.6) is 0 Å². The molecule has 0 aliphatic heterocycles. The van der Waals surface area contributed by atoms with Crippen LogP contribution in [0.4, 0.5) is 26.3 Å². The number of fused-ring (bicyclic) bond motifs is 20. The summed E-state index contributed by atoms with van der Waals surface area (Å²) in [7, 11) is 0. The van der Waals surface area contributed by atoms with Gasteiger partial charge in [0.2, 0.25) is 0 Å². The van der Waals surface area contributed by atoms with Gasteiger partial charge in [-0.05, 0) is 162 Å². The summed E-state index contributed by atoms with van der Waals surface area (Å²) in [5.41, 5.74) is 11.7. The number of para-hydroxylation sites is 4. The number of rotatable bonds is 13. The maximum atomic E-state index is 16.2. The van der Waals surface area contributed by atoms with Gasteiger partial charge in [-0.3, -0.25) is 0 Å². The standard InChI is InChI=1S/C89H63F6N3S2/c1-51(81-65-30-7-5-24-59(65)60-25-6-8-31-66(60)81)40-41-55-42-43-58(89(93,94)95)50-71(55)53(3)85(98-76-37-18-12-29-64(76)68-45-47-80-84(87(68)98)70-33-14-20-39-78(70)100-80)82(56-22-21-23-57(49-56)88(90,91)92)72(48-52(2)96-73-34-15-9-26-61(73)62-27-10-16-35-74(62)96)54(4)97-75-36-17-11-28-63(75)67-44-46-79-83(86(67)97)69-32-13-19-38-77(69)99-79/h5-39,42-47,49-52,81H,3,40-41,48H2,1-2,4H3/b72-54+,85-82+. The van der Waals surface area contributed by atoms with E-state index in [1.807, 2.05) is 66.7 Å². The lowest BCUT2D eigenvalue weighted by molar-refractivity contribution is -0.138. The molecule has 0 N–H and O–H groups in total. The number of alkyl halides is 6. The normalized spacial score (nSPS) is 14.2. The van der Waals surface area contributed by atoms with E-state index in [-0.39, 0.29) is 35.0 Å². The highest BCUT2D eigenvalue weighted by atomic mass is 32.1. The summed E-state index contributed by atoms with van der Waals surface area (Å²) in [4.78, 5) is 0. The third-order valence-corrected chi connectivity index (χ3v) is 23.6. The fraction of sp³-hybridized carbons (Fsp3) is 0.124. The number of aryl methyl sites for hydroxylation is 1. The second-order valence-corrected chi connectivity index (χ2v) is 29.1. The minimum atomic E-state index is -4.81. The molecule has 1 aliphatic carbocycles. The van der Waals surface area contributed by atoms with Crippen molar-refractivity contribution in [1.29, 1.82) is 0 Å². The molecule has 0 amide bonds. The largest absolute Gasteiger partial charge is 0.416 e. The lowest BCUT2D eigenvalue weighted by Crippen LogP contribution is -2.14. The molecule has 12 aromatic carbocycles. The van der Waals surface area contributed by atoms with E-state index < -0.39 is 29.5 Å². The Labute approximate surface area is 580 Å². The van der Waals surface area contributed by atoms with Gasteiger partial charge in [0.15, 0.2) is 0 Å². The summed E-state index contributed by atoms with van der Waals surface area (Å²) in [6.45, 7) is 11.7. The van der Waals surface area contributed by atoms with Crippen LogP contribution in [0.25, 0.3) is 139 Å².